The molecule has 1 aromatic carbocycles. The molecule has 0 spiro atoms. The first kappa shape index (κ1) is 13.8. The molecule has 0 amide bonds. The molecule has 1 aromatic heterocycles. The number of anilines is 1. The normalized spacial score (nSPS) is 16.3. The number of benzene rings is 1. The van der Waals surface area contributed by atoms with Crippen LogP contribution in [0.25, 0.3) is 10.8 Å². The van der Waals surface area contributed by atoms with Crippen LogP contribution in [0.2, 0.25) is 0 Å². The van der Waals surface area contributed by atoms with Crippen LogP contribution >= 0.6 is 0 Å². The number of rotatable bonds is 4. The van der Waals surface area contributed by atoms with Gasteiger partial charge in [0.05, 0.1) is 6.42 Å². The summed E-state index contributed by atoms with van der Waals surface area (Å²) >= 11 is 0. The molecule has 0 atom stereocenters. The number of carboxylic acid groups (broad SMARTS) is 1. The average Bonchev–Trinajstić information content (AvgIpc) is 2.53. The molecule has 3 rings (SSSR count). The number of nitrogens with zero attached hydrogens (tertiary/aromatic N) is 3. The molecule has 0 unspecified atom stereocenters. The Balaban J connectivity index is 1.70. The van der Waals surface area contributed by atoms with E-state index in [1.54, 1.807) is 0 Å². The second-order valence-corrected chi connectivity index (χ2v) is 5.33. The summed E-state index contributed by atoms with van der Waals surface area (Å²) < 4.78 is 0. The number of hydrogen-bond acceptors (Lipinski definition) is 4. The Morgan fingerprint density at radius 2 is 1.90 bits per heavy atom. The van der Waals surface area contributed by atoms with E-state index < -0.39 is 5.97 Å². The van der Waals surface area contributed by atoms with Crippen LogP contribution in [0.15, 0.2) is 36.5 Å². The molecule has 1 N–H and O–H groups in total. The quantitative estimate of drug-likeness (QED) is 0.929. The number of carboxylic acids is 1. The van der Waals surface area contributed by atoms with E-state index in [2.05, 4.69) is 26.9 Å². The molecule has 5 nitrogen and oxygen atoms in total. The largest absolute Gasteiger partial charge is 0.481 e. The second-order valence-electron chi connectivity index (χ2n) is 5.33. The van der Waals surface area contributed by atoms with Crippen molar-refractivity contribution >= 4 is 22.6 Å². The number of hydrogen-bond donors (Lipinski definition) is 1. The number of carbonyl (C=O) groups is 1. The molecule has 2 heterocycles. The highest BCUT2D eigenvalue weighted by Gasteiger charge is 2.19. The fraction of sp³-hybridized carbons (Fsp3) is 0.375. The minimum atomic E-state index is -0.729. The van der Waals surface area contributed by atoms with Crippen LogP contribution in [0, 0.1) is 0 Å². The third kappa shape index (κ3) is 3.13. The van der Waals surface area contributed by atoms with Crippen molar-refractivity contribution in [1.29, 1.82) is 0 Å². The zero-order chi connectivity index (χ0) is 14.7. The van der Waals surface area contributed by atoms with E-state index in [0.29, 0.717) is 6.54 Å². The van der Waals surface area contributed by atoms with Gasteiger partial charge in [-0.25, -0.2) is 4.98 Å². The number of fused-ring (bicyclic) bond motifs is 1. The van der Waals surface area contributed by atoms with E-state index in [0.717, 1.165) is 32.0 Å². The van der Waals surface area contributed by atoms with Crippen molar-refractivity contribution < 1.29 is 9.90 Å². The van der Waals surface area contributed by atoms with E-state index in [1.807, 2.05) is 24.4 Å². The Morgan fingerprint density at radius 1 is 1.14 bits per heavy atom. The summed E-state index contributed by atoms with van der Waals surface area (Å²) in [4.78, 5) is 19.7. The van der Waals surface area contributed by atoms with E-state index >= 15 is 0 Å². The molecule has 1 aliphatic rings. The van der Waals surface area contributed by atoms with Gasteiger partial charge in [0.2, 0.25) is 0 Å². The molecule has 110 valence electrons. The van der Waals surface area contributed by atoms with Gasteiger partial charge in [-0.3, -0.25) is 9.69 Å². The molecular weight excluding hydrogens is 266 g/mol. The minimum Gasteiger partial charge on any atom is -0.481 e. The summed E-state index contributed by atoms with van der Waals surface area (Å²) in [5.41, 5.74) is 0. The molecule has 0 aliphatic carbocycles. The SMILES string of the molecule is O=C(O)CCN1CCN(c2nccc3ccccc23)CC1. The third-order valence-electron chi connectivity index (χ3n) is 3.97. The predicted molar refractivity (Wildman–Crippen MR) is 82.6 cm³/mol. The van der Waals surface area contributed by atoms with Crippen LogP contribution in [0.1, 0.15) is 6.42 Å². The lowest BCUT2D eigenvalue weighted by Crippen LogP contribution is -2.47. The van der Waals surface area contributed by atoms with Crippen LogP contribution in [0.5, 0.6) is 0 Å². The van der Waals surface area contributed by atoms with Crippen LogP contribution in [-0.4, -0.2) is 53.7 Å². The molecule has 0 saturated carbocycles. The molecule has 0 radical (unpaired) electrons. The van der Waals surface area contributed by atoms with Crippen LogP contribution < -0.4 is 4.90 Å². The topological polar surface area (TPSA) is 56.7 Å². The van der Waals surface area contributed by atoms with Crippen molar-refractivity contribution in [2.75, 3.05) is 37.6 Å². The second kappa shape index (κ2) is 6.10. The Labute approximate surface area is 123 Å². The zero-order valence-corrected chi connectivity index (χ0v) is 11.9. The first-order valence-corrected chi connectivity index (χ1v) is 7.27. The van der Waals surface area contributed by atoms with Crippen molar-refractivity contribution in [2.24, 2.45) is 0 Å². The van der Waals surface area contributed by atoms with Crippen molar-refractivity contribution in [3.8, 4) is 0 Å². The molecule has 0 bridgehead atoms. The minimum absolute atomic E-state index is 0.215. The van der Waals surface area contributed by atoms with Gasteiger partial charge in [-0.2, -0.15) is 0 Å². The van der Waals surface area contributed by atoms with Crippen LogP contribution in [-0.2, 0) is 4.79 Å². The molecule has 2 aromatic rings. The van der Waals surface area contributed by atoms with Gasteiger partial charge in [-0.05, 0) is 11.5 Å². The van der Waals surface area contributed by atoms with Crippen molar-refractivity contribution in [1.82, 2.24) is 9.88 Å². The van der Waals surface area contributed by atoms with Gasteiger partial charge in [0.25, 0.3) is 0 Å². The van der Waals surface area contributed by atoms with Gasteiger partial charge < -0.3 is 10.0 Å². The Morgan fingerprint density at radius 3 is 2.67 bits per heavy atom. The summed E-state index contributed by atoms with van der Waals surface area (Å²) in [5, 5.41) is 11.1. The first-order valence-electron chi connectivity index (χ1n) is 7.27. The maximum absolute atomic E-state index is 10.6. The smallest absolute Gasteiger partial charge is 0.304 e. The van der Waals surface area contributed by atoms with Crippen molar-refractivity contribution in [3.05, 3.63) is 36.5 Å². The van der Waals surface area contributed by atoms with Crippen LogP contribution in [0.4, 0.5) is 5.82 Å². The lowest BCUT2D eigenvalue weighted by atomic mass is 10.1. The lowest BCUT2D eigenvalue weighted by molar-refractivity contribution is -0.137. The highest BCUT2D eigenvalue weighted by atomic mass is 16.4. The first-order chi connectivity index (χ1) is 10.2. The van der Waals surface area contributed by atoms with Gasteiger partial charge in [-0.1, -0.05) is 24.3 Å². The summed E-state index contributed by atoms with van der Waals surface area (Å²) in [6.07, 6.45) is 2.07. The number of aromatic nitrogens is 1. The van der Waals surface area contributed by atoms with E-state index in [-0.39, 0.29) is 6.42 Å². The fourth-order valence-corrected chi connectivity index (χ4v) is 2.79. The Bertz CT molecular complexity index is 631. The maximum Gasteiger partial charge on any atom is 0.304 e. The molecule has 1 fully saturated rings. The molecule has 21 heavy (non-hydrogen) atoms. The number of piperazine rings is 1. The van der Waals surface area contributed by atoms with E-state index in [4.69, 9.17) is 5.11 Å². The van der Waals surface area contributed by atoms with Gasteiger partial charge in [0.15, 0.2) is 0 Å². The summed E-state index contributed by atoms with van der Waals surface area (Å²) in [6, 6.07) is 10.3. The van der Waals surface area contributed by atoms with Gasteiger partial charge in [0, 0.05) is 44.3 Å². The molecule has 5 heteroatoms. The van der Waals surface area contributed by atoms with Crippen LogP contribution in [0.3, 0.4) is 0 Å². The summed E-state index contributed by atoms with van der Waals surface area (Å²) in [5.74, 6) is 0.305. The van der Waals surface area contributed by atoms with Gasteiger partial charge in [0.1, 0.15) is 5.82 Å². The molecule has 1 aliphatic heterocycles. The number of pyridine rings is 1. The molecule has 1 saturated heterocycles. The summed E-state index contributed by atoms with van der Waals surface area (Å²) in [7, 11) is 0. The zero-order valence-electron chi connectivity index (χ0n) is 11.9. The van der Waals surface area contributed by atoms with E-state index in [9.17, 15) is 4.79 Å². The monoisotopic (exact) mass is 285 g/mol. The lowest BCUT2D eigenvalue weighted by Gasteiger charge is -2.35. The standard InChI is InChI=1S/C16H19N3O2/c20-15(21)6-8-18-9-11-19(12-10-18)16-14-4-2-1-3-13(14)5-7-17-16/h1-5,7H,6,8-12H2,(H,20,21). The Kier molecular flexibility index (Phi) is 4.01. The fourth-order valence-electron chi connectivity index (χ4n) is 2.79. The number of aliphatic carboxylic acids is 1. The highest BCUT2D eigenvalue weighted by Crippen LogP contribution is 2.24. The summed E-state index contributed by atoms with van der Waals surface area (Å²) in [6.45, 7) is 4.18. The Hall–Kier alpha value is -2.14. The van der Waals surface area contributed by atoms with Crippen molar-refractivity contribution in [3.63, 3.8) is 0 Å². The maximum atomic E-state index is 10.6. The van der Waals surface area contributed by atoms with Crippen molar-refractivity contribution in [2.45, 2.75) is 6.42 Å². The van der Waals surface area contributed by atoms with Gasteiger partial charge >= 0.3 is 5.97 Å². The van der Waals surface area contributed by atoms with E-state index in [1.165, 1.54) is 10.8 Å². The average molecular weight is 285 g/mol. The third-order valence-corrected chi connectivity index (χ3v) is 3.97. The van der Waals surface area contributed by atoms with Gasteiger partial charge in [-0.15, -0.1) is 0 Å². The molecular formula is C16H19N3O2. The predicted octanol–water partition coefficient (Wildman–Crippen LogP) is 1.83. The highest BCUT2D eigenvalue weighted by molar-refractivity contribution is 5.92.